The smallest absolute Gasteiger partial charge is 0.207 e. The summed E-state index contributed by atoms with van der Waals surface area (Å²) >= 11 is 0. The van der Waals surface area contributed by atoms with E-state index in [1.54, 1.807) is 0 Å². The molecule has 16 heavy (non-hydrogen) atoms. The molecule has 0 aromatic heterocycles. The maximum Gasteiger partial charge on any atom is 0.261 e. The van der Waals surface area contributed by atoms with Gasteiger partial charge < -0.3 is 0 Å². The number of rotatable bonds is 2. The first-order chi connectivity index (χ1) is 7.03. The van der Waals surface area contributed by atoms with E-state index in [1.807, 2.05) is 0 Å². The van der Waals surface area contributed by atoms with E-state index in [9.17, 15) is 16.8 Å². The van der Waals surface area contributed by atoms with Crippen LogP contribution in [0.1, 0.15) is 11.1 Å². The van der Waals surface area contributed by atoms with E-state index < -0.39 is 18.1 Å². The van der Waals surface area contributed by atoms with Crippen LogP contribution in [0.15, 0.2) is 21.9 Å². The average molecular weight is 303 g/mol. The van der Waals surface area contributed by atoms with Crippen molar-refractivity contribution in [3.8, 4) is 0 Å². The summed E-state index contributed by atoms with van der Waals surface area (Å²) in [5.41, 5.74) is 0.472. The Kier molecular flexibility index (Phi) is 3.59. The Balaban J connectivity index is 3.65. The Labute approximate surface area is 103 Å². The van der Waals surface area contributed by atoms with Gasteiger partial charge in [0, 0.05) is 21.4 Å². The van der Waals surface area contributed by atoms with Crippen LogP contribution < -0.4 is 0 Å². The number of benzene rings is 1. The van der Waals surface area contributed by atoms with Gasteiger partial charge in [-0.25, -0.2) is 16.8 Å². The second-order valence-corrected chi connectivity index (χ2v) is 8.33. The Morgan fingerprint density at radius 2 is 1.06 bits per heavy atom. The SMILES string of the molecule is Cc1cc(S(=O)(=O)Cl)c(C)cc1S(=O)(=O)Cl. The topological polar surface area (TPSA) is 68.3 Å². The van der Waals surface area contributed by atoms with Gasteiger partial charge in [0.05, 0.1) is 9.79 Å². The third-order valence-electron chi connectivity index (χ3n) is 2.00. The Morgan fingerprint density at radius 3 is 1.25 bits per heavy atom. The molecule has 8 heteroatoms. The second kappa shape index (κ2) is 4.18. The van der Waals surface area contributed by atoms with Gasteiger partial charge >= 0.3 is 0 Å². The first-order valence-electron chi connectivity index (χ1n) is 4.04. The summed E-state index contributed by atoms with van der Waals surface area (Å²) in [5, 5.41) is 0. The van der Waals surface area contributed by atoms with Crippen LogP contribution in [0.25, 0.3) is 0 Å². The molecule has 0 unspecified atom stereocenters. The van der Waals surface area contributed by atoms with Crippen molar-refractivity contribution >= 4 is 39.5 Å². The molecule has 1 rings (SSSR count). The van der Waals surface area contributed by atoms with Crippen LogP contribution in [0.3, 0.4) is 0 Å². The van der Waals surface area contributed by atoms with Crippen LogP contribution in [0.4, 0.5) is 0 Å². The molecule has 0 bridgehead atoms. The predicted molar refractivity (Wildman–Crippen MR) is 62.0 cm³/mol. The summed E-state index contributed by atoms with van der Waals surface area (Å²) in [6.07, 6.45) is 0. The van der Waals surface area contributed by atoms with E-state index in [-0.39, 0.29) is 20.9 Å². The molecule has 0 aliphatic rings. The molecule has 0 spiro atoms. The fourth-order valence-electron chi connectivity index (χ4n) is 1.29. The number of hydrogen-bond donors (Lipinski definition) is 0. The Bertz CT molecular complexity index is 574. The molecule has 0 saturated carbocycles. The third kappa shape index (κ3) is 2.88. The highest BCUT2D eigenvalue weighted by molar-refractivity contribution is 8.14. The lowest BCUT2D eigenvalue weighted by Crippen LogP contribution is -2.01. The van der Waals surface area contributed by atoms with Gasteiger partial charge in [-0.1, -0.05) is 0 Å². The maximum absolute atomic E-state index is 11.1. The normalized spacial score (nSPS) is 12.8. The van der Waals surface area contributed by atoms with Crippen LogP contribution >= 0.6 is 21.4 Å². The van der Waals surface area contributed by atoms with Crippen molar-refractivity contribution in [2.75, 3.05) is 0 Å². The van der Waals surface area contributed by atoms with Crippen LogP contribution in [0.5, 0.6) is 0 Å². The quantitative estimate of drug-likeness (QED) is 0.785. The molecule has 0 N–H and O–H groups in total. The fraction of sp³-hybridized carbons (Fsp3) is 0.250. The first kappa shape index (κ1) is 13.8. The van der Waals surface area contributed by atoms with Crippen molar-refractivity contribution in [2.24, 2.45) is 0 Å². The van der Waals surface area contributed by atoms with Crippen LogP contribution in [-0.2, 0) is 18.1 Å². The number of hydrogen-bond acceptors (Lipinski definition) is 4. The summed E-state index contributed by atoms with van der Waals surface area (Å²) in [7, 11) is 2.62. The van der Waals surface area contributed by atoms with Crippen LogP contribution in [-0.4, -0.2) is 16.8 Å². The van der Waals surface area contributed by atoms with Crippen molar-refractivity contribution in [1.29, 1.82) is 0 Å². The molecule has 1 aromatic rings. The molecule has 4 nitrogen and oxygen atoms in total. The summed E-state index contributed by atoms with van der Waals surface area (Å²) in [6, 6.07) is 2.37. The lowest BCUT2D eigenvalue weighted by molar-refractivity contribution is 0.604. The summed E-state index contributed by atoms with van der Waals surface area (Å²) < 4.78 is 44.6. The van der Waals surface area contributed by atoms with Crippen molar-refractivity contribution in [3.05, 3.63) is 23.3 Å². The zero-order valence-electron chi connectivity index (χ0n) is 8.36. The predicted octanol–water partition coefficient (Wildman–Crippen LogP) is 2.16. The molecule has 0 amide bonds. The average Bonchev–Trinajstić information content (AvgIpc) is 2.04. The van der Waals surface area contributed by atoms with Crippen molar-refractivity contribution in [3.63, 3.8) is 0 Å². The summed E-state index contributed by atoms with van der Waals surface area (Å²) in [4.78, 5) is -0.230. The fourth-order valence-corrected chi connectivity index (χ4v) is 3.81. The molecule has 1 aromatic carbocycles. The molecule has 0 heterocycles. The van der Waals surface area contributed by atoms with Crippen LogP contribution in [0, 0.1) is 13.8 Å². The van der Waals surface area contributed by atoms with Gasteiger partial charge in [-0.2, -0.15) is 0 Å². The molecule has 90 valence electrons. The minimum atomic E-state index is -3.88. The van der Waals surface area contributed by atoms with Crippen LogP contribution in [0.2, 0.25) is 0 Å². The van der Waals surface area contributed by atoms with Gasteiger partial charge in [0.25, 0.3) is 18.1 Å². The summed E-state index contributed by atoms with van der Waals surface area (Å²) in [6.45, 7) is 2.89. The first-order valence-corrected chi connectivity index (χ1v) is 8.66. The van der Waals surface area contributed by atoms with Gasteiger partial charge in [0.2, 0.25) is 0 Å². The molecule has 0 aliphatic heterocycles. The van der Waals surface area contributed by atoms with Crippen molar-refractivity contribution < 1.29 is 16.8 Å². The van der Waals surface area contributed by atoms with Gasteiger partial charge in [-0.15, -0.1) is 0 Å². The van der Waals surface area contributed by atoms with Gasteiger partial charge in [0.15, 0.2) is 0 Å². The molecular formula is C8H8Cl2O4S2. The highest BCUT2D eigenvalue weighted by atomic mass is 35.7. The minimum Gasteiger partial charge on any atom is -0.207 e. The van der Waals surface area contributed by atoms with E-state index >= 15 is 0 Å². The van der Waals surface area contributed by atoms with Gasteiger partial charge in [-0.05, 0) is 37.1 Å². The maximum atomic E-state index is 11.1. The monoisotopic (exact) mass is 302 g/mol. The highest BCUT2D eigenvalue weighted by Gasteiger charge is 2.20. The van der Waals surface area contributed by atoms with Gasteiger partial charge in [-0.3, -0.25) is 0 Å². The third-order valence-corrected chi connectivity index (χ3v) is 4.93. The molecular weight excluding hydrogens is 295 g/mol. The summed E-state index contributed by atoms with van der Waals surface area (Å²) in [5.74, 6) is 0. The van der Waals surface area contributed by atoms with E-state index in [1.165, 1.54) is 26.0 Å². The Hall–Kier alpha value is -0.300. The zero-order chi connectivity index (χ0) is 12.7. The Morgan fingerprint density at radius 1 is 0.812 bits per heavy atom. The number of aryl methyl sites for hydroxylation is 2. The second-order valence-electron chi connectivity index (χ2n) is 3.26. The van der Waals surface area contributed by atoms with Crippen molar-refractivity contribution in [1.82, 2.24) is 0 Å². The molecule has 0 radical (unpaired) electrons. The molecule has 0 saturated heterocycles. The largest absolute Gasteiger partial charge is 0.261 e. The molecule has 0 atom stereocenters. The van der Waals surface area contributed by atoms with E-state index in [0.29, 0.717) is 0 Å². The van der Waals surface area contributed by atoms with E-state index in [4.69, 9.17) is 21.4 Å². The molecule has 0 fully saturated rings. The lowest BCUT2D eigenvalue weighted by atomic mass is 10.2. The molecule has 0 aliphatic carbocycles. The highest BCUT2D eigenvalue weighted by Crippen LogP contribution is 2.27. The van der Waals surface area contributed by atoms with Gasteiger partial charge in [0.1, 0.15) is 0 Å². The zero-order valence-corrected chi connectivity index (χ0v) is 11.5. The number of halogens is 2. The van der Waals surface area contributed by atoms with E-state index in [0.717, 1.165) is 0 Å². The van der Waals surface area contributed by atoms with E-state index in [2.05, 4.69) is 0 Å². The lowest BCUT2D eigenvalue weighted by Gasteiger charge is -2.07. The standard InChI is InChI=1S/C8H8Cl2O4S2/c1-5-3-8(16(10,13)14)6(2)4-7(5)15(9,11)12/h3-4H,1-2H3. The minimum absolute atomic E-state index is 0.115. The van der Waals surface area contributed by atoms with Crippen molar-refractivity contribution in [2.45, 2.75) is 23.6 Å².